The second kappa shape index (κ2) is 8.58. The first-order chi connectivity index (χ1) is 14.8. The van der Waals surface area contributed by atoms with Crippen LogP contribution in [0.3, 0.4) is 0 Å². The number of likely N-dealkylation sites (tertiary alicyclic amines) is 1. The summed E-state index contributed by atoms with van der Waals surface area (Å²) in [6, 6.07) is 12.1. The van der Waals surface area contributed by atoms with Crippen LogP contribution in [0.5, 0.6) is 0 Å². The molecule has 156 valence electrons. The first kappa shape index (κ1) is 19.3. The SMILES string of the molecule is O=C(c1ccc(-c2ccc3oc(CCN4CCCC4)cc3c2)nc1)N1CCOCC1. The van der Waals surface area contributed by atoms with Crippen LogP contribution in [-0.4, -0.2) is 66.6 Å². The second-order valence-corrected chi connectivity index (χ2v) is 8.10. The van der Waals surface area contributed by atoms with Gasteiger partial charge in [0.2, 0.25) is 0 Å². The van der Waals surface area contributed by atoms with Crippen LogP contribution >= 0.6 is 0 Å². The zero-order valence-corrected chi connectivity index (χ0v) is 17.2. The topological polar surface area (TPSA) is 58.8 Å². The zero-order valence-electron chi connectivity index (χ0n) is 17.2. The summed E-state index contributed by atoms with van der Waals surface area (Å²) < 4.78 is 11.4. The number of morpholine rings is 1. The van der Waals surface area contributed by atoms with Gasteiger partial charge in [-0.15, -0.1) is 0 Å². The number of hydrogen-bond donors (Lipinski definition) is 0. The standard InChI is InChI=1S/C24H27N3O3/c28-24(27-11-13-29-14-12-27)19-3-5-22(25-17-19)18-4-6-23-20(15-18)16-21(30-23)7-10-26-8-1-2-9-26/h3-6,15-17H,1-2,7-14H2. The maximum absolute atomic E-state index is 12.6. The lowest BCUT2D eigenvalue weighted by atomic mass is 10.1. The molecule has 0 radical (unpaired) electrons. The summed E-state index contributed by atoms with van der Waals surface area (Å²) in [5.41, 5.74) is 3.42. The molecule has 0 atom stereocenters. The van der Waals surface area contributed by atoms with E-state index in [4.69, 9.17) is 9.15 Å². The van der Waals surface area contributed by atoms with Crippen LogP contribution in [0.15, 0.2) is 47.0 Å². The van der Waals surface area contributed by atoms with Crippen LogP contribution in [0, 0.1) is 0 Å². The third-order valence-corrected chi connectivity index (χ3v) is 6.04. The minimum absolute atomic E-state index is 0.0188. The molecular formula is C24H27N3O3. The summed E-state index contributed by atoms with van der Waals surface area (Å²) in [7, 11) is 0. The van der Waals surface area contributed by atoms with Crippen molar-refractivity contribution in [2.75, 3.05) is 45.9 Å². The highest BCUT2D eigenvalue weighted by molar-refractivity contribution is 5.94. The maximum atomic E-state index is 12.6. The Morgan fingerprint density at radius 3 is 2.60 bits per heavy atom. The Labute approximate surface area is 176 Å². The third kappa shape index (κ3) is 4.11. The quantitative estimate of drug-likeness (QED) is 0.649. The molecule has 2 fully saturated rings. The number of carbonyl (C=O) groups is 1. The molecule has 1 amide bonds. The molecule has 2 aromatic heterocycles. The smallest absolute Gasteiger partial charge is 0.255 e. The van der Waals surface area contributed by atoms with Crippen molar-refractivity contribution in [2.24, 2.45) is 0 Å². The maximum Gasteiger partial charge on any atom is 0.255 e. The van der Waals surface area contributed by atoms with Gasteiger partial charge in [0.05, 0.1) is 24.5 Å². The van der Waals surface area contributed by atoms with Gasteiger partial charge in [0, 0.05) is 43.2 Å². The van der Waals surface area contributed by atoms with Gasteiger partial charge in [-0.3, -0.25) is 9.78 Å². The summed E-state index contributed by atoms with van der Waals surface area (Å²) >= 11 is 0. The predicted octanol–water partition coefficient (Wildman–Crippen LogP) is 3.61. The molecule has 0 spiro atoms. The van der Waals surface area contributed by atoms with E-state index in [0.29, 0.717) is 31.9 Å². The summed E-state index contributed by atoms with van der Waals surface area (Å²) in [4.78, 5) is 21.5. The van der Waals surface area contributed by atoms with Crippen LogP contribution in [0.25, 0.3) is 22.2 Å². The molecule has 0 saturated carbocycles. The van der Waals surface area contributed by atoms with Gasteiger partial charge in [-0.2, -0.15) is 0 Å². The van der Waals surface area contributed by atoms with Crippen molar-refractivity contribution >= 4 is 16.9 Å². The van der Waals surface area contributed by atoms with Crippen molar-refractivity contribution in [1.29, 1.82) is 0 Å². The average Bonchev–Trinajstić information content (AvgIpc) is 3.47. The van der Waals surface area contributed by atoms with E-state index in [0.717, 1.165) is 41.0 Å². The second-order valence-electron chi connectivity index (χ2n) is 8.10. The number of ether oxygens (including phenoxy) is 1. The number of hydrogen-bond acceptors (Lipinski definition) is 5. The largest absolute Gasteiger partial charge is 0.461 e. The number of rotatable bonds is 5. The Hall–Kier alpha value is -2.70. The first-order valence-corrected chi connectivity index (χ1v) is 10.8. The van der Waals surface area contributed by atoms with Gasteiger partial charge in [-0.25, -0.2) is 0 Å². The highest BCUT2D eigenvalue weighted by atomic mass is 16.5. The van der Waals surface area contributed by atoms with E-state index in [1.165, 1.54) is 25.9 Å². The number of benzene rings is 1. The molecule has 30 heavy (non-hydrogen) atoms. The van der Waals surface area contributed by atoms with Crippen molar-refractivity contribution < 1.29 is 13.9 Å². The van der Waals surface area contributed by atoms with E-state index < -0.39 is 0 Å². The van der Waals surface area contributed by atoms with Crippen molar-refractivity contribution in [3.05, 3.63) is 53.9 Å². The summed E-state index contributed by atoms with van der Waals surface area (Å²) in [6.45, 7) is 5.95. The zero-order chi connectivity index (χ0) is 20.3. The molecule has 0 N–H and O–H groups in total. The lowest BCUT2D eigenvalue weighted by molar-refractivity contribution is 0.0302. The van der Waals surface area contributed by atoms with Crippen LogP contribution in [0.2, 0.25) is 0 Å². The highest BCUT2D eigenvalue weighted by Crippen LogP contribution is 2.26. The van der Waals surface area contributed by atoms with E-state index >= 15 is 0 Å². The van der Waals surface area contributed by atoms with Crippen LogP contribution in [0.4, 0.5) is 0 Å². The third-order valence-electron chi connectivity index (χ3n) is 6.04. The van der Waals surface area contributed by atoms with Crippen LogP contribution in [0.1, 0.15) is 29.0 Å². The number of furan rings is 1. The van der Waals surface area contributed by atoms with Gasteiger partial charge in [0.1, 0.15) is 11.3 Å². The number of amides is 1. The van der Waals surface area contributed by atoms with Gasteiger partial charge in [0.15, 0.2) is 0 Å². The lowest BCUT2D eigenvalue weighted by Gasteiger charge is -2.26. The van der Waals surface area contributed by atoms with E-state index in [1.54, 1.807) is 6.20 Å². The number of pyridine rings is 1. The molecule has 0 unspecified atom stereocenters. The Bertz CT molecular complexity index is 1020. The molecule has 6 nitrogen and oxygen atoms in total. The Morgan fingerprint density at radius 2 is 1.83 bits per heavy atom. The molecule has 0 bridgehead atoms. The predicted molar refractivity (Wildman–Crippen MR) is 116 cm³/mol. The Balaban J connectivity index is 1.29. The first-order valence-electron chi connectivity index (χ1n) is 10.8. The van der Waals surface area contributed by atoms with Crippen LogP contribution in [-0.2, 0) is 11.2 Å². The summed E-state index contributed by atoms with van der Waals surface area (Å²) in [5.74, 6) is 1.05. The van der Waals surface area contributed by atoms with Gasteiger partial charge in [0.25, 0.3) is 5.91 Å². The monoisotopic (exact) mass is 405 g/mol. The normalized spacial score (nSPS) is 17.7. The van der Waals surface area contributed by atoms with Gasteiger partial charge < -0.3 is 19.0 Å². The van der Waals surface area contributed by atoms with Gasteiger partial charge in [-0.1, -0.05) is 0 Å². The number of aromatic nitrogens is 1. The minimum Gasteiger partial charge on any atom is -0.461 e. The fourth-order valence-electron chi connectivity index (χ4n) is 4.30. The number of carbonyl (C=O) groups excluding carboxylic acids is 1. The average molecular weight is 405 g/mol. The van der Waals surface area contributed by atoms with Gasteiger partial charge in [-0.05, 0) is 62.3 Å². The molecule has 5 rings (SSSR count). The van der Waals surface area contributed by atoms with Crippen molar-refractivity contribution in [3.8, 4) is 11.3 Å². The van der Waals surface area contributed by atoms with Crippen molar-refractivity contribution in [1.82, 2.24) is 14.8 Å². The number of nitrogens with zero attached hydrogens (tertiary/aromatic N) is 3. The van der Waals surface area contributed by atoms with Crippen molar-refractivity contribution in [2.45, 2.75) is 19.3 Å². The molecule has 0 aliphatic carbocycles. The molecule has 2 aliphatic rings. The molecule has 1 aromatic carbocycles. The van der Waals surface area contributed by atoms with Crippen LogP contribution < -0.4 is 0 Å². The van der Waals surface area contributed by atoms with E-state index in [1.807, 2.05) is 29.2 Å². The minimum atomic E-state index is 0.0188. The van der Waals surface area contributed by atoms with E-state index in [-0.39, 0.29) is 5.91 Å². The molecule has 2 aliphatic heterocycles. The molecule has 3 aromatic rings. The Kier molecular flexibility index (Phi) is 5.51. The fourth-order valence-corrected chi connectivity index (χ4v) is 4.30. The Morgan fingerprint density at radius 1 is 1.00 bits per heavy atom. The summed E-state index contributed by atoms with van der Waals surface area (Å²) in [6.07, 6.45) is 5.25. The van der Waals surface area contributed by atoms with E-state index in [9.17, 15) is 4.79 Å². The molecular weight excluding hydrogens is 378 g/mol. The fraction of sp³-hybridized carbons (Fsp3) is 0.417. The highest BCUT2D eigenvalue weighted by Gasteiger charge is 2.19. The van der Waals surface area contributed by atoms with Gasteiger partial charge >= 0.3 is 0 Å². The number of fused-ring (bicyclic) bond motifs is 1. The van der Waals surface area contributed by atoms with Crippen molar-refractivity contribution in [3.63, 3.8) is 0 Å². The van der Waals surface area contributed by atoms with E-state index in [2.05, 4.69) is 22.0 Å². The molecule has 4 heterocycles. The molecule has 6 heteroatoms. The lowest BCUT2D eigenvalue weighted by Crippen LogP contribution is -2.40. The summed E-state index contributed by atoms with van der Waals surface area (Å²) in [5, 5.41) is 1.10. The molecule has 2 saturated heterocycles.